The van der Waals surface area contributed by atoms with E-state index in [0.717, 1.165) is 11.4 Å². The number of rotatable bonds is 4. The highest BCUT2D eigenvalue weighted by molar-refractivity contribution is 7.10. The molecule has 2 heterocycles. The first-order chi connectivity index (χ1) is 7.79. The van der Waals surface area contributed by atoms with E-state index in [1.165, 1.54) is 4.88 Å². The molecule has 2 aromatic heterocycles. The second-order valence-corrected chi connectivity index (χ2v) is 4.57. The lowest BCUT2D eigenvalue weighted by Crippen LogP contribution is -2.05. The van der Waals surface area contributed by atoms with Crippen molar-refractivity contribution in [3.63, 3.8) is 0 Å². The Morgan fingerprint density at radius 2 is 2.12 bits per heavy atom. The molecule has 1 atom stereocenters. The van der Waals surface area contributed by atoms with Crippen molar-refractivity contribution >= 4 is 22.7 Å². The first-order valence-corrected chi connectivity index (χ1v) is 6.10. The third-order valence-corrected chi connectivity index (χ3v) is 3.44. The van der Waals surface area contributed by atoms with E-state index in [1.54, 1.807) is 17.5 Å². The van der Waals surface area contributed by atoms with Gasteiger partial charge in [-0.05, 0) is 24.4 Å². The van der Waals surface area contributed by atoms with Crippen LogP contribution in [-0.4, -0.2) is 12.0 Å². The standard InChI is InChI=1S/C12H15N3S/c1-9(12-4-3-5-16-12)15-11-6-10(13-2)7-14-8-11/h3-9,13,15H,1-2H3. The number of aromatic nitrogens is 1. The molecular weight excluding hydrogens is 218 g/mol. The summed E-state index contributed by atoms with van der Waals surface area (Å²) in [6.45, 7) is 2.15. The van der Waals surface area contributed by atoms with Crippen LogP contribution in [0.5, 0.6) is 0 Å². The lowest BCUT2D eigenvalue weighted by atomic mass is 10.2. The van der Waals surface area contributed by atoms with E-state index in [-0.39, 0.29) is 0 Å². The lowest BCUT2D eigenvalue weighted by molar-refractivity contribution is 0.906. The number of hydrogen-bond donors (Lipinski definition) is 2. The highest BCUT2D eigenvalue weighted by atomic mass is 32.1. The molecule has 0 aromatic carbocycles. The Kier molecular flexibility index (Phi) is 3.41. The number of nitrogens with one attached hydrogen (secondary N) is 2. The fourth-order valence-electron chi connectivity index (χ4n) is 1.51. The summed E-state index contributed by atoms with van der Waals surface area (Å²) < 4.78 is 0. The molecule has 84 valence electrons. The van der Waals surface area contributed by atoms with Gasteiger partial charge in [-0.2, -0.15) is 0 Å². The highest BCUT2D eigenvalue weighted by Gasteiger charge is 2.06. The monoisotopic (exact) mass is 233 g/mol. The van der Waals surface area contributed by atoms with Crippen LogP contribution in [0.25, 0.3) is 0 Å². The molecule has 0 aliphatic heterocycles. The van der Waals surface area contributed by atoms with Gasteiger partial charge in [-0.3, -0.25) is 4.98 Å². The van der Waals surface area contributed by atoms with Gasteiger partial charge in [-0.1, -0.05) is 6.07 Å². The molecule has 3 nitrogen and oxygen atoms in total. The van der Waals surface area contributed by atoms with Crippen LogP contribution in [0.4, 0.5) is 11.4 Å². The first kappa shape index (κ1) is 11.0. The average molecular weight is 233 g/mol. The molecule has 2 rings (SSSR count). The highest BCUT2D eigenvalue weighted by Crippen LogP contribution is 2.23. The minimum absolute atomic E-state index is 0.314. The Morgan fingerprint density at radius 1 is 1.31 bits per heavy atom. The Morgan fingerprint density at radius 3 is 2.81 bits per heavy atom. The molecule has 0 saturated heterocycles. The van der Waals surface area contributed by atoms with Crippen LogP contribution in [0.3, 0.4) is 0 Å². The summed E-state index contributed by atoms with van der Waals surface area (Å²) in [5.41, 5.74) is 2.05. The molecule has 2 N–H and O–H groups in total. The van der Waals surface area contributed by atoms with Crippen molar-refractivity contribution in [2.45, 2.75) is 13.0 Å². The van der Waals surface area contributed by atoms with E-state index < -0.39 is 0 Å². The van der Waals surface area contributed by atoms with Crippen LogP contribution in [0.2, 0.25) is 0 Å². The van der Waals surface area contributed by atoms with E-state index in [0.29, 0.717) is 6.04 Å². The van der Waals surface area contributed by atoms with Crippen LogP contribution in [0, 0.1) is 0 Å². The van der Waals surface area contributed by atoms with E-state index in [4.69, 9.17) is 0 Å². The summed E-state index contributed by atoms with van der Waals surface area (Å²) in [7, 11) is 1.89. The average Bonchev–Trinajstić information content (AvgIpc) is 2.83. The third-order valence-electron chi connectivity index (χ3n) is 2.38. The molecule has 0 radical (unpaired) electrons. The molecule has 0 aliphatic carbocycles. The molecule has 1 unspecified atom stereocenters. The smallest absolute Gasteiger partial charge is 0.0578 e. The van der Waals surface area contributed by atoms with Gasteiger partial charge in [0, 0.05) is 11.9 Å². The van der Waals surface area contributed by atoms with Crippen LogP contribution in [-0.2, 0) is 0 Å². The molecule has 0 spiro atoms. The summed E-state index contributed by atoms with van der Waals surface area (Å²) in [4.78, 5) is 5.50. The van der Waals surface area contributed by atoms with Gasteiger partial charge in [-0.15, -0.1) is 11.3 Å². The molecule has 0 bridgehead atoms. The number of nitrogens with zero attached hydrogens (tertiary/aromatic N) is 1. The zero-order chi connectivity index (χ0) is 11.4. The predicted octanol–water partition coefficient (Wildman–Crippen LogP) is 3.36. The Bertz CT molecular complexity index is 439. The van der Waals surface area contributed by atoms with Crippen LogP contribution < -0.4 is 10.6 Å². The van der Waals surface area contributed by atoms with Crippen LogP contribution >= 0.6 is 11.3 Å². The number of hydrogen-bond acceptors (Lipinski definition) is 4. The largest absolute Gasteiger partial charge is 0.387 e. The van der Waals surface area contributed by atoms with Gasteiger partial charge in [0.2, 0.25) is 0 Å². The van der Waals surface area contributed by atoms with Gasteiger partial charge in [0.1, 0.15) is 0 Å². The number of pyridine rings is 1. The minimum atomic E-state index is 0.314. The topological polar surface area (TPSA) is 37.0 Å². The van der Waals surface area contributed by atoms with Gasteiger partial charge in [0.15, 0.2) is 0 Å². The molecule has 16 heavy (non-hydrogen) atoms. The second kappa shape index (κ2) is 4.99. The fraction of sp³-hybridized carbons (Fsp3) is 0.250. The summed E-state index contributed by atoms with van der Waals surface area (Å²) in [6.07, 6.45) is 3.64. The number of anilines is 2. The third kappa shape index (κ3) is 2.52. The molecule has 0 fully saturated rings. The quantitative estimate of drug-likeness (QED) is 0.850. The normalized spacial score (nSPS) is 12.1. The predicted molar refractivity (Wildman–Crippen MR) is 70.1 cm³/mol. The van der Waals surface area contributed by atoms with E-state index >= 15 is 0 Å². The van der Waals surface area contributed by atoms with Crippen molar-refractivity contribution in [3.8, 4) is 0 Å². The van der Waals surface area contributed by atoms with Crippen molar-refractivity contribution in [2.24, 2.45) is 0 Å². The van der Waals surface area contributed by atoms with Crippen molar-refractivity contribution < 1.29 is 0 Å². The van der Waals surface area contributed by atoms with Crippen LogP contribution in [0.1, 0.15) is 17.8 Å². The molecule has 2 aromatic rings. The van der Waals surface area contributed by atoms with Crippen molar-refractivity contribution in [1.29, 1.82) is 0 Å². The first-order valence-electron chi connectivity index (χ1n) is 5.22. The Hall–Kier alpha value is -1.55. The lowest BCUT2D eigenvalue weighted by Gasteiger charge is -2.13. The molecule has 0 saturated carbocycles. The zero-order valence-electron chi connectivity index (χ0n) is 9.40. The second-order valence-electron chi connectivity index (χ2n) is 3.59. The summed E-state index contributed by atoms with van der Waals surface area (Å²) >= 11 is 1.76. The molecule has 0 aliphatic rings. The summed E-state index contributed by atoms with van der Waals surface area (Å²) in [5, 5.41) is 8.60. The van der Waals surface area contributed by atoms with Gasteiger partial charge in [-0.25, -0.2) is 0 Å². The number of thiophene rings is 1. The molecular formula is C12H15N3S. The maximum absolute atomic E-state index is 4.17. The maximum atomic E-state index is 4.17. The Labute approximate surface area is 99.5 Å². The van der Waals surface area contributed by atoms with Crippen LogP contribution in [0.15, 0.2) is 36.0 Å². The van der Waals surface area contributed by atoms with E-state index in [2.05, 4.69) is 46.1 Å². The fourth-order valence-corrected chi connectivity index (χ4v) is 2.25. The molecule has 4 heteroatoms. The van der Waals surface area contributed by atoms with Crippen molar-refractivity contribution in [2.75, 3.05) is 17.7 Å². The Balaban J connectivity index is 2.08. The summed E-state index contributed by atoms with van der Waals surface area (Å²) in [6, 6.07) is 6.57. The summed E-state index contributed by atoms with van der Waals surface area (Å²) in [5.74, 6) is 0. The molecule has 0 amide bonds. The van der Waals surface area contributed by atoms with E-state index in [1.807, 2.05) is 13.2 Å². The van der Waals surface area contributed by atoms with Crippen molar-refractivity contribution in [3.05, 3.63) is 40.8 Å². The minimum Gasteiger partial charge on any atom is -0.387 e. The van der Waals surface area contributed by atoms with Gasteiger partial charge in [0.25, 0.3) is 0 Å². The van der Waals surface area contributed by atoms with Gasteiger partial charge < -0.3 is 10.6 Å². The van der Waals surface area contributed by atoms with Gasteiger partial charge in [0.05, 0.1) is 29.8 Å². The SMILES string of the molecule is CNc1cncc(NC(C)c2cccs2)c1. The van der Waals surface area contributed by atoms with Gasteiger partial charge >= 0.3 is 0 Å². The van der Waals surface area contributed by atoms with Crippen molar-refractivity contribution in [1.82, 2.24) is 4.98 Å². The van der Waals surface area contributed by atoms with E-state index in [9.17, 15) is 0 Å². The maximum Gasteiger partial charge on any atom is 0.0578 e. The zero-order valence-corrected chi connectivity index (χ0v) is 10.2.